The van der Waals surface area contributed by atoms with Crippen LogP contribution in [0.3, 0.4) is 0 Å². The second-order valence-electron chi connectivity index (χ2n) is 13.1. The molecule has 0 saturated heterocycles. The SMILES string of the molecule is CCC(CC)C(=O)/C=C(\O)C(CC)CC.Cc1[c-]c(-c2nccc3c2sc2c4ccc(CC(C)(C)C)cc4ccc32)sc1C.[Ir]. The molecule has 3 heterocycles. The van der Waals surface area contributed by atoms with Crippen LogP contribution >= 0.6 is 22.7 Å². The number of aryl methyl sites for hydroxylation is 2. The summed E-state index contributed by atoms with van der Waals surface area (Å²) in [6.45, 7) is 19.3. The van der Waals surface area contributed by atoms with Crippen LogP contribution in [0.4, 0.5) is 0 Å². The molecule has 0 aliphatic carbocycles. The number of pyridine rings is 1. The van der Waals surface area contributed by atoms with Crippen LogP contribution in [0, 0.1) is 37.2 Å². The van der Waals surface area contributed by atoms with Gasteiger partial charge in [-0.3, -0.25) is 4.79 Å². The summed E-state index contributed by atoms with van der Waals surface area (Å²) >= 11 is 3.66. The molecule has 0 bridgehead atoms. The van der Waals surface area contributed by atoms with E-state index < -0.39 is 0 Å². The van der Waals surface area contributed by atoms with Crippen molar-refractivity contribution in [3.63, 3.8) is 0 Å². The minimum atomic E-state index is 0. The number of aliphatic hydroxyl groups is 1. The molecule has 0 saturated carbocycles. The summed E-state index contributed by atoms with van der Waals surface area (Å²) in [4.78, 5) is 18.9. The molecule has 0 aliphatic rings. The Labute approximate surface area is 291 Å². The molecule has 0 atom stereocenters. The van der Waals surface area contributed by atoms with Gasteiger partial charge in [-0.1, -0.05) is 102 Å². The third-order valence-corrected chi connectivity index (χ3v) is 10.9. The van der Waals surface area contributed by atoms with Gasteiger partial charge in [-0.15, -0.1) is 11.3 Å². The van der Waals surface area contributed by atoms with Crippen molar-refractivity contribution in [2.75, 3.05) is 0 Å². The summed E-state index contributed by atoms with van der Waals surface area (Å²) in [5.41, 5.74) is 4.00. The first-order valence-electron chi connectivity index (χ1n) is 16.1. The van der Waals surface area contributed by atoms with E-state index in [0.29, 0.717) is 5.41 Å². The number of fused-ring (bicyclic) bond motifs is 5. The summed E-state index contributed by atoms with van der Waals surface area (Å²) in [5.74, 6) is 0.547. The predicted molar refractivity (Wildman–Crippen MR) is 193 cm³/mol. The van der Waals surface area contributed by atoms with Gasteiger partial charge in [0.25, 0.3) is 0 Å². The first-order valence-corrected chi connectivity index (χ1v) is 17.7. The fourth-order valence-corrected chi connectivity index (χ4v) is 8.18. The topological polar surface area (TPSA) is 50.2 Å². The second kappa shape index (κ2) is 16.0. The third kappa shape index (κ3) is 8.71. The van der Waals surface area contributed by atoms with Crippen LogP contribution in [-0.2, 0) is 31.3 Å². The molecule has 5 rings (SSSR count). The van der Waals surface area contributed by atoms with Crippen LogP contribution in [0.1, 0.15) is 90.2 Å². The normalized spacial score (nSPS) is 12.2. The molecule has 1 radical (unpaired) electrons. The van der Waals surface area contributed by atoms with Gasteiger partial charge in [0.1, 0.15) is 0 Å². The molecular formula is C39H48IrNO2S2-. The standard InChI is InChI=1S/C26H24NS2.C13H24O2.Ir/c1-15-12-22(28-16(15)2)23-25-21(10-11-27-23)20-9-7-18-13-17(14-26(3,4)5)6-8-19(18)24(20)29-25;1-5-10(6-2)12(14)9-13(15)11(7-3)8-4;/h6-11,13H,14H2,1-5H3;9-11,14H,5-8H2,1-4H3;/q-1;;/b;12-9-;. The van der Waals surface area contributed by atoms with Gasteiger partial charge in [-0.05, 0) is 76.4 Å². The smallest absolute Gasteiger partial charge is 0.162 e. The van der Waals surface area contributed by atoms with Gasteiger partial charge in [-0.25, -0.2) is 11.3 Å². The number of nitrogens with zero attached hydrogens (tertiary/aromatic N) is 1. The number of hydrogen-bond donors (Lipinski definition) is 1. The number of allylic oxidation sites excluding steroid dienone is 2. The summed E-state index contributed by atoms with van der Waals surface area (Å²) in [6, 6.07) is 17.2. The minimum Gasteiger partial charge on any atom is -0.512 e. The van der Waals surface area contributed by atoms with E-state index in [2.05, 4.69) is 77.1 Å². The van der Waals surface area contributed by atoms with E-state index in [9.17, 15) is 9.90 Å². The van der Waals surface area contributed by atoms with Gasteiger partial charge in [0.2, 0.25) is 0 Å². The van der Waals surface area contributed by atoms with Gasteiger partial charge in [0.05, 0.1) is 5.76 Å². The molecule has 243 valence electrons. The number of carbonyl (C=O) groups excluding carboxylic acids is 1. The molecule has 0 spiro atoms. The van der Waals surface area contributed by atoms with Crippen LogP contribution in [0.5, 0.6) is 0 Å². The van der Waals surface area contributed by atoms with Crippen molar-refractivity contribution in [2.45, 2.75) is 94.4 Å². The largest absolute Gasteiger partial charge is 0.512 e. The minimum absolute atomic E-state index is 0. The van der Waals surface area contributed by atoms with Gasteiger partial charge >= 0.3 is 0 Å². The van der Waals surface area contributed by atoms with E-state index >= 15 is 0 Å². The number of rotatable bonds is 9. The molecule has 45 heavy (non-hydrogen) atoms. The van der Waals surface area contributed by atoms with Crippen molar-refractivity contribution < 1.29 is 30.0 Å². The van der Waals surface area contributed by atoms with Gasteiger partial charge in [0.15, 0.2) is 5.78 Å². The maximum absolute atomic E-state index is 11.7. The van der Waals surface area contributed by atoms with Crippen molar-refractivity contribution in [2.24, 2.45) is 17.3 Å². The number of ketones is 1. The van der Waals surface area contributed by atoms with Crippen molar-refractivity contribution in [1.82, 2.24) is 4.98 Å². The number of aromatic nitrogens is 1. The number of benzene rings is 2. The molecule has 0 unspecified atom stereocenters. The fourth-order valence-electron chi connectivity index (χ4n) is 5.82. The second-order valence-corrected chi connectivity index (χ2v) is 15.4. The van der Waals surface area contributed by atoms with E-state index in [-0.39, 0.29) is 43.5 Å². The average molecular weight is 819 g/mol. The predicted octanol–water partition coefficient (Wildman–Crippen LogP) is 12.2. The van der Waals surface area contributed by atoms with Crippen molar-refractivity contribution in [1.29, 1.82) is 0 Å². The summed E-state index contributed by atoms with van der Waals surface area (Å²) in [6.07, 6.45) is 7.94. The monoisotopic (exact) mass is 819 g/mol. The molecule has 0 fully saturated rings. The van der Waals surface area contributed by atoms with Gasteiger partial charge in [-0.2, -0.15) is 11.6 Å². The zero-order valence-electron chi connectivity index (χ0n) is 28.3. The molecule has 2 aromatic carbocycles. The Kier molecular flexibility index (Phi) is 13.2. The van der Waals surface area contributed by atoms with Gasteiger partial charge in [0, 0.05) is 53.6 Å². The molecule has 0 aliphatic heterocycles. The van der Waals surface area contributed by atoms with E-state index in [1.165, 1.54) is 53.0 Å². The van der Waals surface area contributed by atoms with Crippen LogP contribution < -0.4 is 0 Å². The van der Waals surface area contributed by atoms with E-state index in [1.54, 1.807) is 11.3 Å². The quantitative estimate of drug-likeness (QED) is 0.0916. The zero-order chi connectivity index (χ0) is 32.2. The van der Waals surface area contributed by atoms with Crippen molar-refractivity contribution in [3.8, 4) is 10.6 Å². The number of thiophene rings is 2. The van der Waals surface area contributed by atoms with Gasteiger partial charge < -0.3 is 10.1 Å². The van der Waals surface area contributed by atoms with Crippen LogP contribution in [-0.4, -0.2) is 15.9 Å². The molecule has 5 aromatic rings. The van der Waals surface area contributed by atoms with Crippen molar-refractivity contribution in [3.05, 3.63) is 76.5 Å². The fraction of sp³-hybridized carbons (Fsp3) is 0.436. The Morgan fingerprint density at radius 1 is 0.889 bits per heavy atom. The molecular weight excluding hydrogens is 771 g/mol. The maximum Gasteiger partial charge on any atom is 0.162 e. The molecule has 3 aromatic heterocycles. The number of carbonyl (C=O) groups is 1. The molecule has 1 N–H and O–H groups in total. The maximum atomic E-state index is 11.7. The first kappa shape index (κ1) is 37.1. The Hall–Kier alpha value is -2.37. The van der Waals surface area contributed by atoms with E-state index in [4.69, 9.17) is 4.98 Å². The molecule has 6 heteroatoms. The Morgan fingerprint density at radius 3 is 2.09 bits per heavy atom. The van der Waals surface area contributed by atoms with Crippen LogP contribution in [0.25, 0.3) is 41.5 Å². The first-order chi connectivity index (χ1) is 20.9. The summed E-state index contributed by atoms with van der Waals surface area (Å²) < 4.78 is 2.63. The zero-order valence-corrected chi connectivity index (χ0v) is 32.3. The molecule has 0 amide bonds. The molecule has 3 nitrogen and oxygen atoms in total. The van der Waals surface area contributed by atoms with Crippen LogP contribution in [0.15, 0.2) is 54.4 Å². The summed E-state index contributed by atoms with van der Waals surface area (Å²) in [7, 11) is 0. The number of hydrogen-bond acceptors (Lipinski definition) is 5. The van der Waals surface area contributed by atoms with Crippen molar-refractivity contribution >= 4 is 59.4 Å². The van der Waals surface area contributed by atoms with E-state index in [1.807, 2.05) is 45.2 Å². The summed E-state index contributed by atoms with van der Waals surface area (Å²) in [5, 5.41) is 15.1. The number of aliphatic hydroxyl groups excluding tert-OH is 1. The Balaban J connectivity index is 0.000000297. The average Bonchev–Trinajstić information content (AvgIpc) is 3.52. The van der Waals surface area contributed by atoms with Crippen LogP contribution in [0.2, 0.25) is 0 Å². The Bertz CT molecular complexity index is 1760. The Morgan fingerprint density at radius 2 is 1.51 bits per heavy atom. The van der Waals surface area contributed by atoms with E-state index in [0.717, 1.165) is 42.7 Å². The third-order valence-electron chi connectivity index (χ3n) is 8.55.